The van der Waals surface area contributed by atoms with Crippen LogP contribution >= 0.6 is 0 Å². The molecule has 0 spiro atoms. The Morgan fingerprint density at radius 2 is 1.60 bits per heavy atom. The number of fused-ring (bicyclic) bond motifs is 1. The predicted molar refractivity (Wildman–Crippen MR) is 202 cm³/mol. The standard InChI is InChI=1S/C40H52FN5O5S/c1-27(2)25-46(52(50,51)32-18-19-33-29(22-32)15-12-20-42-33)26-35(47)34(21-28-13-9-8-10-14-28)44-38(49)37(39(3,4)5)45-36(48)24-43-40(6,7)30-16-11-17-31(41)23-30/h8-20,22-23,27,34-35,37,43,47H,21,24-26H2,1-7H3,(H,44,49)(H,45,48)/t34-,35+,37+/m0/s1. The first-order valence-corrected chi connectivity index (χ1v) is 19.0. The largest absolute Gasteiger partial charge is 0.390 e. The van der Waals surface area contributed by atoms with Gasteiger partial charge in [-0.3, -0.25) is 19.9 Å². The molecule has 0 bridgehead atoms. The second-order valence-electron chi connectivity index (χ2n) is 15.3. The van der Waals surface area contributed by atoms with Crippen molar-refractivity contribution in [3.63, 3.8) is 0 Å². The van der Waals surface area contributed by atoms with Crippen molar-refractivity contribution in [2.45, 2.75) is 83.5 Å². The fraction of sp³-hybridized carbons (Fsp3) is 0.425. The zero-order valence-electron chi connectivity index (χ0n) is 31.1. The molecule has 4 aromatic rings. The first kappa shape index (κ1) is 40.5. The smallest absolute Gasteiger partial charge is 0.243 e. The van der Waals surface area contributed by atoms with Crippen LogP contribution in [0.25, 0.3) is 10.9 Å². The molecule has 0 saturated heterocycles. The normalized spacial score (nSPS) is 14.3. The number of aromatic nitrogens is 1. The number of nitrogens with zero attached hydrogens (tertiary/aromatic N) is 2. The summed E-state index contributed by atoms with van der Waals surface area (Å²) in [6.45, 7) is 12.6. The fourth-order valence-electron chi connectivity index (χ4n) is 5.96. The molecular weight excluding hydrogens is 682 g/mol. The SMILES string of the molecule is CC(C)CN(C[C@@H](O)[C@H](Cc1ccccc1)NC(=O)[C@@H](NC(=O)CNC(C)(C)c1cccc(F)c1)C(C)(C)C)S(=O)(=O)c1ccc2ncccc2c1. The summed E-state index contributed by atoms with van der Waals surface area (Å²) in [7, 11) is -4.07. The Balaban J connectivity index is 1.56. The van der Waals surface area contributed by atoms with Gasteiger partial charge in [0.05, 0.1) is 29.1 Å². The molecule has 0 radical (unpaired) electrons. The third-order valence-corrected chi connectivity index (χ3v) is 10.8. The Kier molecular flexibility index (Phi) is 13.3. The minimum Gasteiger partial charge on any atom is -0.390 e. The van der Waals surface area contributed by atoms with Crippen molar-refractivity contribution in [1.29, 1.82) is 0 Å². The first-order chi connectivity index (χ1) is 24.4. The van der Waals surface area contributed by atoms with Crippen LogP contribution in [0.15, 0.2) is 96.0 Å². The lowest BCUT2D eigenvalue weighted by Crippen LogP contribution is -2.59. The summed E-state index contributed by atoms with van der Waals surface area (Å²) in [5.74, 6) is -1.42. The van der Waals surface area contributed by atoms with Crippen molar-refractivity contribution in [3.8, 4) is 0 Å². The van der Waals surface area contributed by atoms with Gasteiger partial charge in [0.1, 0.15) is 11.9 Å². The van der Waals surface area contributed by atoms with E-state index in [0.29, 0.717) is 16.5 Å². The number of rotatable bonds is 16. The predicted octanol–water partition coefficient (Wildman–Crippen LogP) is 5.16. The van der Waals surface area contributed by atoms with Crippen LogP contribution in [0.3, 0.4) is 0 Å². The number of amides is 2. The Labute approximate surface area is 307 Å². The number of halogens is 1. The highest BCUT2D eigenvalue weighted by atomic mass is 32.2. The van der Waals surface area contributed by atoms with Crippen molar-refractivity contribution >= 4 is 32.7 Å². The third-order valence-electron chi connectivity index (χ3n) is 8.93. The van der Waals surface area contributed by atoms with E-state index in [-0.39, 0.29) is 42.7 Å². The van der Waals surface area contributed by atoms with Crippen LogP contribution in [-0.2, 0) is 31.6 Å². The molecule has 4 N–H and O–H groups in total. The molecule has 12 heteroatoms. The van der Waals surface area contributed by atoms with Gasteiger partial charge in [0.15, 0.2) is 0 Å². The average molecular weight is 734 g/mol. The van der Waals surface area contributed by atoms with E-state index in [1.807, 2.05) is 78.8 Å². The van der Waals surface area contributed by atoms with Crippen LogP contribution in [0, 0.1) is 17.2 Å². The number of hydrogen-bond acceptors (Lipinski definition) is 7. The number of sulfonamides is 1. The molecule has 52 heavy (non-hydrogen) atoms. The molecule has 0 saturated carbocycles. The Morgan fingerprint density at radius 3 is 2.25 bits per heavy atom. The summed E-state index contributed by atoms with van der Waals surface area (Å²) in [5, 5.41) is 21.4. The third kappa shape index (κ3) is 10.9. The van der Waals surface area contributed by atoms with Gasteiger partial charge in [0.25, 0.3) is 0 Å². The van der Waals surface area contributed by atoms with E-state index in [1.54, 1.807) is 42.6 Å². The number of benzene rings is 3. The molecule has 0 aliphatic carbocycles. The van der Waals surface area contributed by atoms with Crippen LogP contribution in [0.1, 0.15) is 59.6 Å². The lowest BCUT2D eigenvalue weighted by Gasteiger charge is -2.35. The molecule has 280 valence electrons. The maximum atomic E-state index is 14.1. The second-order valence-corrected chi connectivity index (χ2v) is 17.2. The van der Waals surface area contributed by atoms with Crippen LogP contribution in [-0.4, -0.2) is 72.4 Å². The Bertz CT molecular complexity index is 1930. The highest BCUT2D eigenvalue weighted by Crippen LogP contribution is 2.25. The number of carbonyl (C=O) groups excluding carboxylic acids is 2. The van der Waals surface area contributed by atoms with Gasteiger partial charge < -0.3 is 15.7 Å². The molecule has 1 aromatic heterocycles. The summed E-state index contributed by atoms with van der Waals surface area (Å²) >= 11 is 0. The molecule has 2 amide bonds. The van der Waals surface area contributed by atoms with Gasteiger partial charge in [-0.1, -0.05) is 83.1 Å². The topological polar surface area (TPSA) is 141 Å². The number of nitrogens with one attached hydrogen (secondary N) is 3. The lowest BCUT2D eigenvalue weighted by molar-refractivity contribution is -0.132. The molecule has 0 fully saturated rings. The number of aliphatic hydroxyl groups excluding tert-OH is 1. The van der Waals surface area contributed by atoms with Crippen molar-refractivity contribution < 1.29 is 27.5 Å². The fourth-order valence-corrected chi connectivity index (χ4v) is 7.62. The van der Waals surface area contributed by atoms with Crippen LogP contribution in [0.5, 0.6) is 0 Å². The molecule has 3 atom stereocenters. The van der Waals surface area contributed by atoms with Crippen LogP contribution < -0.4 is 16.0 Å². The van der Waals surface area contributed by atoms with E-state index in [1.165, 1.54) is 22.5 Å². The van der Waals surface area contributed by atoms with Crippen LogP contribution in [0.2, 0.25) is 0 Å². The highest BCUT2D eigenvalue weighted by molar-refractivity contribution is 7.89. The van der Waals surface area contributed by atoms with E-state index in [2.05, 4.69) is 20.9 Å². The maximum Gasteiger partial charge on any atom is 0.243 e. The second kappa shape index (κ2) is 17.1. The number of aliphatic hydroxyl groups is 1. The molecule has 3 aromatic carbocycles. The molecule has 10 nitrogen and oxygen atoms in total. The van der Waals surface area contributed by atoms with Gasteiger partial charge >= 0.3 is 0 Å². The lowest BCUT2D eigenvalue weighted by atomic mass is 9.85. The van der Waals surface area contributed by atoms with E-state index in [9.17, 15) is 27.5 Å². The van der Waals surface area contributed by atoms with Crippen molar-refractivity contribution in [3.05, 3.63) is 108 Å². The van der Waals surface area contributed by atoms with Gasteiger partial charge in [-0.2, -0.15) is 4.31 Å². The summed E-state index contributed by atoms with van der Waals surface area (Å²) in [4.78, 5) is 31.7. The zero-order valence-corrected chi connectivity index (χ0v) is 31.9. The summed E-state index contributed by atoms with van der Waals surface area (Å²) in [5.41, 5.74) is 0.670. The van der Waals surface area contributed by atoms with E-state index in [0.717, 1.165) is 5.56 Å². The average Bonchev–Trinajstić information content (AvgIpc) is 3.08. The number of pyridine rings is 1. The molecule has 1 heterocycles. The molecule has 4 rings (SSSR count). The molecule has 0 aliphatic heterocycles. The van der Waals surface area contributed by atoms with E-state index < -0.39 is 51.0 Å². The maximum absolute atomic E-state index is 14.1. The highest BCUT2D eigenvalue weighted by Gasteiger charge is 2.37. The Morgan fingerprint density at radius 1 is 0.885 bits per heavy atom. The molecule has 0 unspecified atom stereocenters. The minimum atomic E-state index is -4.07. The summed E-state index contributed by atoms with van der Waals surface area (Å²) in [6, 6.07) is 21.8. The minimum absolute atomic E-state index is 0.0637. The van der Waals surface area contributed by atoms with E-state index >= 15 is 0 Å². The van der Waals surface area contributed by atoms with Crippen molar-refractivity contribution in [1.82, 2.24) is 25.2 Å². The van der Waals surface area contributed by atoms with Crippen molar-refractivity contribution in [2.75, 3.05) is 19.6 Å². The van der Waals surface area contributed by atoms with Crippen molar-refractivity contribution in [2.24, 2.45) is 11.3 Å². The number of hydrogen-bond donors (Lipinski definition) is 4. The van der Waals surface area contributed by atoms with Gasteiger partial charge in [0.2, 0.25) is 21.8 Å². The first-order valence-electron chi connectivity index (χ1n) is 17.5. The van der Waals surface area contributed by atoms with Gasteiger partial charge in [-0.25, -0.2) is 12.8 Å². The number of carbonyl (C=O) groups is 2. The molecular formula is C40H52FN5O5S. The van der Waals surface area contributed by atoms with Crippen LogP contribution in [0.4, 0.5) is 4.39 Å². The summed E-state index contributed by atoms with van der Waals surface area (Å²) < 4.78 is 43.3. The van der Waals surface area contributed by atoms with E-state index in [4.69, 9.17) is 0 Å². The molecule has 0 aliphatic rings. The van der Waals surface area contributed by atoms with Gasteiger partial charge in [-0.15, -0.1) is 0 Å². The zero-order chi connectivity index (χ0) is 38.3. The van der Waals surface area contributed by atoms with Gasteiger partial charge in [-0.05, 0) is 79.1 Å². The Hall–Kier alpha value is -4.23. The monoisotopic (exact) mass is 733 g/mol. The quantitative estimate of drug-likeness (QED) is 0.125. The van der Waals surface area contributed by atoms with Gasteiger partial charge in [0, 0.05) is 30.2 Å². The summed E-state index contributed by atoms with van der Waals surface area (Å²) in [6.07, 6.45) is 0.533.